The Morgan fingerprint density at radius 3 is 2.88 bits per heavy atom. The van der Waals surface area contributed by atoms with E-state index in [1.165, 1.54) is 0 Å². The highest BCUT2D eigenvalue weighted by Gasteiger charge is 2.16. The zero-order chi connectivity index (χ0) is 12.0. The van der Waals surface area contributed by atoms with Crippen LogP contribution in [0.1, 0.15) is 32.4 Å². The molecule has 1 heterocycles. The zero-order valence-corrected chi connectivity index (χ0v) is 10.3. The van der Waals surface area contributed by atoms with Crippen molar-refractivity contribution in [3.8, 4) is 0 Å². The van der Waals surface area contributed by atoms with Gasteiger partial charge in [-0.1, -0.05) is 5.21 Å². The molecule has 0 fully saturated rings. The molecule has 0 saturated carbocycles. The Morgan fingerprint density at radius 2 is 2.25 bits per heavy atom. The molecule has 0 atom stereocenters. The Balaban J connectivity index is 2.40. The van der Waals surface area contributed by atoms with Crippen LogP contribution in [0.2, 0.25) is 0 Å². The molecule has 5 nitrogen and oxygen atoms in total. The summed E-state index contributed by atoms with van der Waals surface area (Å²) in [4.78, 5) is 0. The SMILES string of the molecule is COC(C)(C)CCn1cc(CCCO)nn1. The number of rotatable bonds is 7. The highest BCUT2D eigenvalue weighted by atomic mass is 16.5. The molecule has 0 aliphatic rings. The number of hydrogen-bond donors (Lipinski definition) is 1. The monoisotopic (exact) mass is 227 g/mol. The molecular weight excluding hydrogens is 206 g/mol. The van der Waals surface area contributed by atoms with Crippen LogP contribution < -0.4 is 0 Å². The van der Waals surface area contributed by atoms with Crippen LogP contribution in [0.15, 0.2) is 6.20 Å². The predicted octanol–water partition coefficient (Wildman–Crippen LogP) is 1.02. The van der Waals surface area contributed by atoms with Gasteiger partial charge in [0.2, 0.25) is 0 Å². The van der Waals surface area contributed by atoms with Crippen LogP contribution in [0.5, 0.6) is 0 Å². The van der Waals surface area contributed by atoms with Crippen molar-refractivity contribution >= 4 is 0 Å². The van der Waals surface area contributed by atoms with Crippen LogP contribution in [0, 0.1) is 0 Å². The van der Waals surface area contributed by atoms with E-state index in [1.54, 1.807) is 7.11 Å². The standard InChI is InChI=1S/C11H21N3O2/c1-11(2,16-3)6-7-14-9-10(12-13-14)5-4-8-15/h9,15H,4-8H2,1-3H3. The molecule has 16 heavy (non-hydrogen) atoms. The average Bonchev–Trinajstić information content (AvgIpc) is 2.72. The fraction of sp³-hybridized carbons (Fsp3) is 0.818. The Labute approximate surface area is 96.4 Å². The largest absolute Gasteiger partial charge is 0.396 e. The zero-order valence-electron chi connectivity index (χ0n) is 10.3. The van der Waals surface area contributed by atoms with E-state index in [9.17, 15) is 0 Å². The number of hydrogen-bond acceptors (Lipinski definition) is 4. The van der Waals surface area contributed by atoms with E-state index >= 15 is 0 Å². The molecular formula is C11H21N3O2. The van der Waals surface area contributed by atoms with Gasteiger partial charge in [-0.2, -0.15) is 0 Å². The molecule has 92 valence electrons. The summed E-state index contributed by atoms with van der Waals surface area (Å²) in [5, 5.41) is 16.8. The minimum atomic E-state index is -0.128. The highest BCUT2D eigenvalue weighted by molar-refractivity contribution is 4.92. The van der Waals surface area contributed by atoms with Crippen LogP contribution in [-0.2, 0) is 17.7 Å². The van der Waals surface area contributed by atoms with Gasteiger partial charge >= 0.3 is 0 Å². The molecule has 0 bridgehead atoms. The second kappa shape index (κ2) is 5.96. The number of methoxy groups -OCH3 is 1. The number of nitrogens with zero attached hydrogens (tertiary/aromatic N) is 3. The Bertz CT molecular complexity index is 310. The maximum Gasteiger partial charge on any atom is 0.0828 e. The van der Waals surface area contributed by atoms with Gasteiger partial charge in [-0.15, -0.1) is 5.10 Å². The van der Waals surface area contributed by atoms with Gasteiger partial charge in [0.15, 0.2) is 0 Å². The lowest BCUT2D eigenvalue weighted by Gasteiger charge is -2.22. The first-order chi connectivity index (χ1) is 7.57. The number of aliphatic hydroxyl groups is 1. The average molecular weight is 227 g/mol. The van der Waals surface area contributed by atoms with Crippen LogP contribution in [-0.4, -0.2) is 39.4 Å². The van der Waals surface area contributed by atoms with Crippen molar-refractivity contribution in [2.45, 2.75) is 45.3 Å². The van der Waals surface area contributed by atoms with Crippen molar-refractivity contribution in [3.63, 3.8) is 0 Å². The summed E-state index contributed by atoms with van der Waals surface area (Å²) in [5.74, 6) is 0. The normalized spacial score (nSPS) is 12.0. The topological polar surface area (TPSA) is 60.2 Å². The minimum Gasteiger partial charge on any atom is -0.396 e. The van der Waals surface area contributed by atoms with Gasteiger partial charge in [0.05, 0.1) is 11.3 Å². The second-order valence-electron chi connectivity index (χ2n) is 4.51. The number of aliphatic hydroxyl groups excluding tert-OH is 1. The molecule has 0 amide bonds. The third-order valence-electron chi connectivity index (χ3n) is 2.67. The van der Waals surface area contributed by atoms with Gasteiger partial charge in [-0.25, -0.2) is 0 Å². The van der Waals surface area contributed by atoms with E-state index in [0.717, 1.165) is 31.5 Å². The van der Waals surface area contributed by atoms with Crippen molar-refractivity contribution in [2.75, 3.05) is 13.7 Å². The molecule has 0 unspecified atom stereocenters. The maximum atomic E-state index is 8.70. The Morgan fingerprint density at radius 1 is 1.50 bits per heavy atom. The Kier molecular flexibility index (Phi) is 4.89. The lowest BCUT2D eigenvalue weighted by Crippen LogP contribution is -2.24. The van der Waals surface area contributed by atoms with Crippen molar-refractivity contribution in [2.24, 2.45) is 0 Å². The molecule has 0 spiro atoms. The Hall–Kier alpha value is -0.940. The summed E-state index contributed by atoms with van der Waals surface area (Å²) in [6.07, 6.45) is 4.35. The smallest absolute Gasteiger partial charge is 0.0828 e. The first-order valence-corrected chi connectivity index (χ1v) is 5.62. The summed E-state index contributed by atoms with van der Waals surface area (Å²) in [6.45, 7) is 5.10. The lowest BCUT2D eigenvalue weighted by atomic mass is 10.1. The summed E-state index contributed by atoms with van der Waals surface area (Å²) in [6, 6.07) is 0. The highest BCUT2D eigenvalue weighted by Crippen LogP contribution is 2.13. The van der Waals surface area contributed by atoms with Crippen molar-refractivity contribution in [3.05, 3.63) is 11.9 Å². The number of aryl methyl sites for hydroxylation is 2. The fourth-order valence-electron chi connectivity index (χ4n) is 1.31. The van der Waals surface area contributed by atoms with Gasteiger partial charge in [0.25, 0.3) is 0 Å². The van der Waals surface area contributed by atoms with Gasteiger partial charge in [0.1, 0.15) is 0 Å². The van der Waals surface area contributed by atoms with E-state index in [0.29, 0.717) is 0 Å². The molecule has 0 aromatic carbocycles. The molecule has 1 aromatic rings. The van der Waals surface area contributed by atoms with Crippen molar-refractivity contribution < 1.29 is 9.84 Å². The molecule has 0 aliphatic carbocycles. The fourth-order valence-corrected chi connectivity index (χ4v) is 1.31. The summed E-state index contributed by atoms with van der Waals surface area (Å²) < 4.78 is 7.16. The minimum absolute atomic E-state index is 0.128. The van der Waals surface area contributed by atoms with Crippen LogP contribution in [0.4, 0.5) is 0 Å². The summed E-state index contributed by atoms with van der Waals surface area (Å²) in [7, 11) is 1.72. The van der Waals surface area contributed by atoms with E-state index in [1.807, 2.05) is 10.9 Å². The second-order valence-corrected chi connectivity index (χ2v) is 4.51. The molecule has 5 heteroatoms. The molecule has 1 rings (SSSR count). The van der Waals surface area contributed by atoms with Crippen molar-refractivity contribution in [1.29, 1.82) is 0 Å². The molecule has 0 radical (unpaired) electrons. The van der Waals surface area contributed by atoms with Gasteiger partial charge < -0.3 is 9.84 Å². The number of aromatic nitrogens is 3. The molecule has 1 N–H and O–H groups in total. The lowest BCUT2D eigenvalue weighted by molar-refractivity contribution is 0.0112. The van der Waals surface area contributed by atoms with Gasteiger partial charge in [-0.05, 0) is 33.1 Å². The first-order valence-electron chi connectivity index (χ1n) is 5.62. The van der Waals surface area contributed by atoms with Crippen LogP contribution in [0.3, 0.4) is 0 Å². The maximum absolute atomic E-state index is 8.70. The molecule has 0 saturated heterocycles. The van der Waals surface area contributed by atoms with Crippen molar-refractivity contribution in [1.82, 2.24) is 15.0 Å². The molecule has 1 aromatic heterocycles. The number of ether oxygens (including phenoxy) is 1. The first kappa shape index (κ1) is 13.1. The summed E-state index contributed by atoms with van der Waals surface area (Å²) >= 11 is 0. The van der Waals surface area contributed by atoms with Gasteiger partial charge in [0, 0.05) is 26.5 Å². The predicted molar refractivity (Wildman–Crippen MR) is 61.1 cm³/mol. The van der Waals surface area contributed by atoms with E-state index < -0.39 is 0 Å². The van der Waals surface area contributed by atoms with E-state index in [2.05, 4.69) is 24.2 Å². The van der Waals surface area contributed by atoms with E-state index in [-0.39, 0.29) is 12.2 Å². The van der Waals surface area contributed by atoms with Crippen LogP contribution >= 0.6 is 0 Å². The molecule has 0 aliphatic heterocycles. The van der Waals surface area contributed by atoms with E-state index in [4.69, 9.17) is 9.84 Å². The third kappa shape index (κ3) is 4.28. The third-order valence-corrected chi connectivity index (χ3v) is 2.67. The quantitative estimate of drug-likeness (QED) is 0.755. The van der Waals surface area contributed by atoms with Gasteiger partial charge in [-0.3, -0.25) is 4.68 Å². The van der Waals surface area contributed by atoms with Crippen LogP contribution in [0.25, 0.3) is 0 Å². The summed E-state index contributed by atoms with van der Waals surface area (Å²) in [5.41, 5.74) is 0.807.